The standard InChI is InChI=1S/C17H13F2N3O2S/c18-12-7-13(19)9-14(8-12)20-15(23)10-25-17-22-21-16(24-17)6-11-4-2-1-3-5-11/h1-5,7-9H,6,10H2,(H,20,23). The molecule has 1 amide bonds. The molecule has 1 aromatic heterocycles. The topological polar surface area (TPSA) is 68.0 Å². The molecule has 0 unspecified atom stereocenters. The Hall–Kier alpha value is -2.74. The number of nitrogens with zero attached hydrogens (tertiary/aromatic N) is 2. The van der Waals surface area contributed by atoms with Gasteiger partial charge in [-0.25, -0.2) is 8.78 Å². The maximum Gasteiger partial charge on any atom is 0.277 e. The lowest BCUT2D eigenvalue weighted by atomic mass is 10.2. The molecule has 0 bridgehead atoms. The summed E-state index contributed by atoms with van der Waals surface area (Å²) in [7, 11) is 0. The number of carbonyl (C=O) groups is 1. The first-order valence-electron chi connectivity index (χ1n) is 7.33. The summed E-state index contributed by atoms with van der Waals surface area (Å²) < 4.78 is 31.6. The van der Waals surface area contributed by atoms with E-state index in [4.69, 9.17) is 4.42 Å². The number of nitrogens with one attached hydrogen (secondary N) is 1. The Morgan fingerprint density at radius 2 is 1.80 bits per heavy atom. The van der Waals surface area contributed by atoms with Gasteiger partial charge < -0.3 is 9.73 Å². The second-order valence-corrected chi connectivity index (χ2v) is 6.05. The Morgan fingerprint density at radius 3 is 2.52 bits per heavy atom. The van der Waals surface area contributed by atoms with Crippen molar-refractivity contribution in [1.82, 2.24) is 10.2 Å². The van der Waals surface area contributed by atoms with Gasteiger partial charge in [0.25, 0.3) is 5.22 Å². The second-order valence-electron chi connectivity index (χ2n) is 5.12. The molecule has 3 aromatic rings. The molecule has 0 aliphatic carbocycles. The zero-order valence-corrected chi connectivity index (χ0v) is 13.7. The van der Waals surface area contributed by atoms with Gasteiger partial charge in [0.15, 0.2) is 0 Å². The van der Waals surface area contributed by atoms with E-state index in [1.165, 1.54) is 0 Å². The van der Waals surface area contributed by atoms with E-state index in [0.29, 0.717) is 12.3 Å². The molecule has 0 saturated heterocycles. The fourth-order valence-electron chi connectivity index (χ4n) is 2.09. The third-order valence-corrected chi connectivity index (χ3v) is 3.94. The molecule has 1 N–H and O–H groups in total. The number of anilines is 1. The number of carbonyl (C=O) groups excluding carboxylic acids is 1. The monoisotopic (exact) mass is 361 g/mol. The summed E-state index contributed by atoms with van der Waals surface area (Å²) in [6.45, 7) is 0. The highest BCUT2D eigenvalue weighted by Gasteiger charge is 2.11. The van der Waals surface area contributed by atoms with E-state index in [9.17, 15) is 13.6 Å². The Kier molecular flexibility index (Phi) is 5.39. The highest BCUT2D eigenvalue weighted by atomic mass is 32.2. The SMILES string of the molecule is O=C(CSc1nnc(Cc2ccccc2)o1)Nc1cc(F)cc(F)c1. The molecule has 128 valence electrons. The van der Waals surface area contributed by atoms with Crippen molar-refractivity contribution in [2.45, 2.75) is 11.6 Å². The molecular weight excluding hydrogens is 348 g/mol. The van der Waals surface area contributed by atoms with Gasteiger partial charge in [-0.3, -0.25) is 4.79 Å². The number of thioether (sulfide) groups is 1. The molecule has 5 nitrogen and oxygen atoms in total. The van der Waals surface area contributed by atoms with Gasteiger partial charge in [0.05, 0.1) is 12.2 Å². The Morgan fingerprint density at radius 1 is 1.08 bits per heavy atom. The fourth-order valence-corrected chi connectivity index (χ4v) is 2.67. The largest absolute Gasteiger partial charge is 0.416 e. The number of halogens is 2. The minimum atomic E-state index is -0.759. The number of hydrogen-bond acceptors (Lipinski definition) is 5. The Labute approximate surface area is 146 Å². The van der Waals surface area contributed by atoms with Gasteiger partial charge in [-0.15, -0.1) is 10.2 Å². The van der Waals surface area contributed by atoms with E-state index in [1.54, 1.807) is 0 Å². The van der Waals surface area contributed by atoms with Crippen LogP contribution < -0.4 is 5.32 Å². The summed E-state index contributed by atoms with van der Waals surface area (Å²) in [6.07, 6.45) is 0.503. The summed E-state index contributed by atoms with van der Waals surface area (Å²) >= 11 is 1.05. The fraction of sp³-hybridized carbons (Fsp3) is 0.118. The van der Waals surface area contributed by atoms with E-state index in [-0.39, 0.29) is 16.7 Å². The van der Waals surface area contributed by atoms with Crippen molar-refractivity contribution in [1.29, 1.82) is 0 Å². The van der Waals surface area contributed by atoms with E-state index in [2.05, 4.69) is 15.5 Å². The number of amides is 1. The lowest BCUT2D eigenvalue weighted by Gasteiger charge is -2.04. The number of benzene rings is 2. The third-order valence-electron chi connectivity index (χ3n) is 3.12. The third kappa shape index (κ3) is 5.12. The van der Waals surface area contributed by atoms with Crippen LogP contribution >= 0.6 is 11.8 Å². The van der Waals surface area contributed by atoms with Crippen molar-refractivity contribution in [3.8, 4) is 0 Å². The average molecular weight is 361 g/mol. The minimum Gasteiger partial charge on any atom is -0.416 e. The second kappa shape index (κ2) is 7.89. The van der Waals surface area contributed by atoms with Crippen LogP contribution in [0.3, 0.4) is 0 Å². The van der Waals surface area contributed by atoms with E-state index in [0.717, 1.165) is 35.5 Å². The molecule has 0 saturated carbocycles. The molecular formula is C17H13F2N3O2S. The maximum atomic E-state index is 13.1. The van der Waals surface area contributed by atoms with Crippen molar-refractivity contribution in [2.24, 2.45) is 0 Å². The predicted molar refractivity (Wildman–Crippen MR) is 89.3 cm³/mol. The molecule has 25 heavy (non-hydrogen) atoms. The predicted octanol–water partition coefficient (Wildman–Crippen LogP) is 3.67. The number of aromatic nitrogens is 2. The Balaban J connectivity index is 1.52. The molecule has 2 aromatic carbocycles. The summed E-state index contributed by atoms with van der Waals surface area (Å²) in [5.41, 5.74) is 1.09. The number of rotatable bonds is 6. The van der Waals surface area contributed by atoms with Gasteiger partial charge in [-0.2, -0.15) is 0 Å². The number of hydrogen-bond donors (Lipinski definition) is 1. The molecule has 0 aliphatic rings. The van der Waals surface area contributed by atoms with Gasteiger partial charge in [0.1, 0.15) is 11.6 Å². The van der Waals surface area contributed by atoms with Crippen LogP contribution in [0.2, 0.25) is 0 Å². The summed E-state index contributed by atoms with van der Waals surface area (Å²) in [6, 6.07) is 12.5. The van der Waals surface area contributed by atoms with Gasteiger partial charge >= 0.3 is 0 Å². The first-order chi connectivity index (χ1) is 12.1. The molecule has 0 fully saturated rings. The molecule has 1 heterocycles. The van der Waals surface area contributed by atoms with Crippen molar-refractivity contribution in [2.75, 3.05) is 11.1 Å². The summed E-state index contributed by atoms with van der Waals surface area (Å²) in [4.78, 5) is 11.8. The van der Waals surface area contributed by atoms with Crippen LogP contribution in [-0.2, 0) is 11.2 Å². The highest BCUT2D eigenvalue weighted by molar-refractivity contribution is 7.99. The van der Waals surface area contributed by atoms with Gasteiger partial charge in [0, 0.05) is 11.8 Å². The molecule has 0 spiro atoms. The van der Waals surface area contributed by atoms with Crippen LogP contribution in [0, 0.1) is 11.6 Å². The maximum absolute atomic E-state index is 13.1. The Bertz CT molecular complexity index is 851. The zero-order chi connectivity index (χ0) is 17.6. The normalized spacial score (nSPS) is 10.6. The molecule has 0 aliphatic heterocycles. The van der Waals surface area contributed by atoms with E-state index < -0.39 is 17.5 Å². The van der Waals surface area contributed by atoms with Crippen LogP contribution in [0.5, 0.6) is 0 Å². The quantitative estimate of drug-likeness (QED) is 0.679. The first-order valence-corrected chi connectivity index (χ1v) is 8.32. The van der Waals surface area contributed by atoms with Gasteiger partial charge in [-0.1, -0.05) is 42.1 Å². The zero-order valence-electron chi connectivity index (χ0n) is 12.9. The lowest BCUT2D eigenvalue weighted by molar-refractivity contribution is -0.113. The van der Waals surface area contributed by atoms with Crippen LogP contribution in [0.1, 0.15) is 11.5 Å². The van der Waals surface area contributed by atoms with E-state index in [1.807, 2.05) is 30.3 Å². The van der Waals surface area contributed by atoms with E-state index >= 15 is 0 Å². The molecule has 8 heteroatoms. The van der Waals surface area contributed by atoms with Crippen molar-refractivity contribution >= 4 is 23.4 Å². The van der Waals surface area contributed by atoms with Crippen molar-refractivity contribution in [3.63, 3.8) is 0 Å². The molecule has 3 rings (SSSR count). The van der Waals surface area contributed by atoms with Gasteiger partial charge in [0.2, 0.25) is 11.8 Å². The summed E-state index contributed by atoms with van der Waals surface area (Å²) in [5, 5.41) is 10.5. The van der Waals surface area contributed by atoms with Crippen LogP contribution in [0.4, 0.5) is 14.5 Å². The summed E-state index contributed by atoms with van der Waals surface area (Å²) in [5.74, 6) is -1.53. The first kappa shape index (κ1) is 17.1. The van der Waals surface area contributed by atoms with Crippen molar-refractivity contribution in [3.05, 3.63) is 71.6 Å². The molecule has 0 radical (unpaired) electrons. The lowest BCUT2D eigenvalue weighted by Crippen LogP contribution is -2.14. The van der Waals surface area contributed by atoms with Crippen LogP contribution in [0.15, 0.2) is 58.2 Å². The van der Waals surface area contributed by atoms with Crippen molar-refractivity contribution < 1.29 is 18.0 Å². The smallest absolute Gasteiger partial charge is 0.277 e. The van der Waals surface area contributed by atoms with Crippen LogP contribution in [0.25, 0.3) is 0 Å². The van der Waals surface area contributed by atoms with Gasteiger partial charge in [-0.05, 0) is 17.7 Å². The van der Waals surface area contributed by atoms with Crippen LogP contribution in [-0.4, -0.2) is 21.9 Å². The average Bonchev–Trinajstić information content (AvgIpc) is 3.00. The molecule has 0 atom stereocenters. The minimum absolute atomic E-state index is 0.0227. The highest BCUT2D eigenvalue weighted by Crippen LogP contribution is 2.19.